The Morgan fingerprint density at radius 3 is 2.38 bits per heavy atom. The van der Waals surface area contributed by atoms with Gasteiger partial charge in [-0.2, -0.15) is 13.2 Å². The van der Waals surface area contributed by atoms with Gasteiger partial charge in [0.25, 0.3) is 5.91 Å². The van der Waals surface area contributed by atoms with E-state index in [1.54, 1.807) is 6.92 Å². The molecular weight excluding hydrogens is 389 g/mol. The third-order valence-corrected chi connectivity index (χ3v) is 5.80. The first-order valence-corrected chi connectivity index (χ1v) is 10.1. The molecule has 0 saturated heterocycles. The number of rotatable bonds is 7. The van der Waals surface area contributed by atoms with Crippen molar-refractivity contribution in [2.75, 3.05) is 13.7 Å². The van der Waals surface area contributed by atoms with E-state index in [4.69, 9.17) is 0 Å². The Morgan fingerprint density at radius 2 is 1.86 bits per heavy atom. The maximum atomic E-state index is 14.3. The maximum Gasteiger partial charge on any atom is 0.425 e. The summed E-state index contributed by atoms with van der Waals surface area (Å²) < 4.78 is 47.3. The van der Waals surface area contributed by atoms with Crippen LogP contribution in [0.1, 0.15) is 65.2 Å². The van der Waals surface area contributed by atoms with Gasteiger partial charge in [0.15, 0.2) is 0 Å². The van der Waals surface area contributed by atoms with Gasteiger partial charge < -0.3 is 15.0 Å². The lowest BCUT2D eigenvalue weighted by Crippen LogP contribution is -2.66. The number of hydrogen-bond donors (Lipinski definition) is 1. The molecule has 164 valence electrons. The highest BCUT2D eigenvalue weighted by Gasteiger charge is 2.70. The molecule has 9 heteroatoms. The molecule has 1 atom stereocenters. The van der Waals surface area contributed by atoms with Crippen molar-refractivity contribution >= 4 is 17.8 Å². The number of nitrogens with zero attached hydrogens (tertiary/aromatic N) is 1. The van der Waals surface area contributed by atoms with E-state index >= 15 is 0 Å². The van der Waals surface area contributed by atoms with Crippen molar-refractivity contribution in [1.29, 1.82) is 0 Å². The molecule has 1 heterocycles. The average Bonchev–Trinajstić information content (AvgIpc) is 2.89. The van der Waals surface area contributed by atoms with Gasteiger partial charge in [-0.1, -0.05) is 39.0 Å². The van der Waals surface area contributed by atoms with E-state index in [0.717, 1.165) is 44.1 Å². The standard InChI is InChI=1S/C20H29F3N2O4/c1-4-12-25-13(2)16(17(27)29-3)19(18(25)28,20(21,22)23)24-15(26)11-10-14-8-6-5-7-9-14/h14H,4-12H2,1-3H3,(H,24,26). The minimum atomic E-state index is -5.20. The lowest BCUT2D eigenvalue weighted by Gasteiger charge is -2.33. The van der Waals surface area contributed by atoms with Gasteiger partial charge in [-0.3, -0.25) is 9.59 Å². The monoisotopic (exact) mass is 418 g/mol. The fraction of sp³-hybridized carbons (Fsp3) is 0.750. The van der Waals surface area contributed by atoms with Gasteiger partial charge in [-0.15, -0.1) is 0 Å². The molecule has 1 fully saturated rings. The smallest absolute Gasteiger partial charge is 0.425 e. The minimum absolute atomic E-state index is 0.000928. The number of esters is 1. The predicted octanol–water partition coefficient (Wildman–Crippen LogP) is 3.46. The molecule has 6 nitrogen and oxygen atoms in total. The topological polar surface area (TPSA) is 75.7 Å². The molecule has 0 bridgehead atoms. The Labute approximate surface area is 168 Å². The third-order valence-electron chi connectivity index (χ3n) is 5.80. The van der Waals surface area contributed by atoms with E-state index in [9.17, 15) is 27.6 Å². The molecule has 2 amide bonds. The van der Waals surface area contributed by atoms with Crippen molar-refractivity contribution in [3.8, 4) is 0 Å². The van der Waals surface area contributed by atoms with Crippen LogP contribution in [0.2, 0.25) is 0 Å². The van der Waals surface area contributed by atoms with Crippen LogP contribution in [0.5, 0.6) is 0 Å². The highest BCUT2D eigenvalue weighted by molar-refractivity contribution is 6.10. The van der Waals surface area contributed by atoms with E-state index in [2.05, 4.69) is 4.74 Å². The molecule has 2 rings (SSSR count). The zero-order valence-corrected chi connectivity index (χ0v) is 17.2. The Morgan fingerprint density at radius 1 is 1.24 bits per heavy atom. The summed E-state index contributed by atoms with van der Waals surface area (Å²) in [6.07, 6.45) is 0.670. The average molecular weight is 418 g/mol. The van der Waals surface area contributed by atoms with Gasteiger partial charge >= 0.3 is 12.1 Å². The van der Waals surface area contributed by atoms with Crippen molar-refractivity contribution in [3.05, 3.63) is 11.3 Å². The largest absolute Gasteiger partial charge is 0.466 e. The van der Waals surface area contributed by atoms with Crippen LogP contribution in [0, 0.1) is 5.92 Å². The second kappa shape index (κ2) is 9.17. The number of carbonyl (C=O) groups is 3. The lowest BCUT2D eigenvalue weighted by molar-refractivity contribution is -0.196. The molecule has 1 N–H and O–H groups in total. The fourth-order valence-electron chi connectivity index (χ4n) is 4.30. The van der Waals surface area contributed by atoms with Crippen molar-refractivity contribution < 1.29 is 32.3 Å². The highest BCUT2D eigenvalue weighted by Crippen LogP contribution is 2.45. The van der Waals surface area contributed by atoms with E-state index in [1.165, 1.54) is 6.92 Å². The van der Waals surface area contributed by atoms with Crippen LogP contribution < -0.4 is 5.32 Å². The summed E-state index contributed by atoms with van der Waals surface area (Å²) in [7, 11) is 0.946. The van der Waals surface area contributed by atoms with Crippen LogP contribution in [0.25, 0.3) is 0 Å². The number of carbonyl (C=O) groups excluding carboxylic acids is 3. The summed E-state index contributed by atoms with van der Waals surface area (Å²) >= 11 is 0. The van der Waals surface area contributed by atoms with Crippen LogP contribution in [0.4, 0.5) is 13.2 Å². The summed E-state index contributed by atoms with van der Waals surface area (Å²) in [5.74, 6) is -3.24. The molecule has 0 radical (unpaired) electrons. The third kappa shape index (κ3) is 4.43. The molecule has 0 aromatic heterocycles. The molecule has 0 aromatic carbocycles. The number of methoxy groups -OCH3 is 1. The molecule has 1 aliphatic carbocycles. The van der Waals surface area contributed by atoms with E-state index in [0.29, 0.717) is 18.8 Å². The highest BCUT2D eigenvalue weighted by atomic mass is 19.4. The molecule has 1 saturated carbocycles. The van der Waals surface area contributed by atoms with Crippen molar-refractivity contribution in [2.45, 2.75) is 76.9 Å². The van der Waals surface area contributed by atoms with Gasteiger partial charge in [-0.05, 0) is 25.7 Å². The molecular formula is C20H29F3N2O4. The van der Waals surface area contributed by atoms with Crippen LogP contribution >= 0.6 is 0 Å². The molecule has 29 heavy (non-hydrogen) atoms. The Bertz CT molecular complexity index is 684. The van der Waals surface area contributed by atoms with Crippen LogP contribution in [0.3, 0.4) is 0 Å². The van der Waals surface area contributed by atoms with Crippen LogP contribution in [-0.2, 0) is 19.1 Å². The Kier molecular flexibility index (Phi) is 7.35. The quantitative estimate of drug-likeness (QED) is 0.643. The van der Waals surface area contributed by atoms with Crippen molar-refractivity contribution in [1.82, 2.24) is 10.2 Å². The number of amides is 2. The van der Waals surface area contributed by atoms with Crippen LogP contribution in [0.15, 0.2) is 11.3 Å². The maximum absolute atomic E-state index is 14.3. The van der Waals surface area contributed by atoms with E-state index < -0.39 is 35.1 Å². The Balaban J connectivity index is 2.34. The van der Waals surface area contributed by atoms with E-state index in [1.807, 2.05) is 5.32 Å². The normalized spacial score (nSPS) is 23.5. The number of nitrogens with one attached hydrogen (secondary N) is 1. The summed E-state index contributed by atoms with van der Waals surface area (Å²) in [5, 5.41) is 1.89. The van der Waals surface area contributed by atoms with Crippen molar-refractivity contribution in [3.63, 3.8) is 0 Å². The fourth-order valence-corrected chi connectivity index (χ4v) is 4.30. The number of hydrogen-bond acceptors (Lipinski definition) is 4. The van der Waals surface area contributed by atoms with Crippen molar-refractivity contribution in [2.24, 2.45) is 5.92 Å². The first-order chi connectivity index (χ1) is 13.6. The molecule has 1 aliphatic heterocycles. The first-order valence-electron chi connectivity index (χ1n) is 10.1. The summed E-state index contributed by atoms with van der Waals surface area (Å²) in [6, 6.07) is 0. The molecule has 0 spiro atoms. The Hall–Kier alpha value is -2.06. The zero-order chi connectivity index (χ0) is 21.8. The lowest BCUT2D eigenvalue weighted by atomic mass is 9.85. The van der Waals surface area contributed by atoms with Gasteiger partial charge in [0.05, 0.1) is 7.11 Å². The summed E-state index contributed by atoms with van der Waals surface area (Å²) in [4.78, 5) is 38.6. The van der Waals surface area contributed by atoms with Crippen LogP contribution in [-0.4, -0.2) is 48.1 Å². The van der Waals surface area contributed by atoms with E-state index in [-0.39, 0.29) is 18.7 Å². The zero-order valence-electron chi connectivity index (χ0n) is 17.2. The SMILES string of the molecule is CCCN1C(=O)C(NC(=O)CCC2CCCCC2)(C(F)(F)F)C(C(=O)OC)=C1C. The molecule has 2 aliphatic rings. The minimum Gasteiger partial charge on any atom is -0.466 e. The number of allylic oxidation sites excluding steroid dienone is 1. The van der Waals surface area contributed by atoms with Gasteiger partial charge in [0.2, 0.25) is 11.4 Å². The number of ether oxygens (including phenoxy) is 1. The first kappa shape index (κ1) is 23.2. The van der Waals surface area contributed by atoms with Gasteiger partial charge in [-0.25, -0.2) is 4.79 Å². The second-order valence-corrected chi connectivity index (χ2v) is 7.75. The predicted molar refractivity (Wildman–Crippen MR) is 99.5 cm³/mol. The van der Waals surface area contributed by atoms with Gasteiger partial charge in [0.1, 0.15) is 5.57 Å². The number of alkyl halides is 3. The molecule has 1 unspecified atom stereocenters. The summed E-state index contributed by atoms with van der Waals surface area (Å²) in [5.41, 5.74) is -4.42. The molecule has 0 aromatic rings. The second-order valence-electron chi connectivity index (χ2n) is 7.75. The summed E-state index contributed by atoms with van der Waals surface area (Å²) in [6.45, 7) is 2.97. The van der Waals surface area contributed by atoms with Gasteiger partial charge in [0, 0.05) is 18.7 Å². The number of halogens is 3.